The number of carbonyl (C=O) groups is 2. The molecule has 0 spiro atoms. The molecule has 32 heavy (non-hydrogen) atoms. The van der Waals surface area contributed by atoms with Crippen LogP contribution in [0, 0.1) is 11.6 Å². The van der Waals surface area contributed by atoms with Crippen LogP contribution in [0.25, 0.3) is 5.57 Å². The van der Waals surface area contributed by atoms with Crippen molar-refractivity contribution in [3.63, 3.8) is 0 Å². The monoisotopic (exact) mass is 434 g/mol. The molecule has 0 unspecified atom stereocenters. The average Bonchev–Trinajstić information content (AvgIpc) is 3.05. The van der Waals surface area contributed by atoms with Gasteiger partial charge in [-0.3, -0.25) is 9.59 Å². The van der Waals surface area contributed by atoms with Crippen molar-refractivity contribution in [3.8, 4) is 5.75 Å². The minimum atomic E-state index is -1.15. The lowest BCUT2D eigenvalue weighted by Crippen LogP contribution is -2.32. The number of nitrogens with zero attached hydrogens (tertiary/aromatic N) is 1. The molecule has 0 fully saturated rings. The molecule has 0 bridgehead atoms. The number of benzene rings is 3. The molecule has 3 aromatic rings. The number of anilines is 2. The summed E-state index contributed by atoms with van der Waals surface area (Å²) in [5.41, 5.74) is 2.36. The fourth-order valence-corrected chi connectivity index (χ4v) is 3.50. The van der Waals surface area contributed by atoms with Crippen LogP contribution in [0.4, 0.5) is 20.2 Å². The van der Waals surface area contributed by atoms with Gasteiger partial charge < -0.3 is 10.1 Å². The Bertz CT molecular complexity index is 1220. The van der Waals surface area contributed by atoms with Gasteiger partial charge in [0, 0.05) is 11.8 Å². The van der Waals surface area contributed by atoms with Crippen LogP contribution in [0.5, 0.6) is 5.75 Å². The van der Waals surface area contributed by atoms with E-state index in [0.717, 1.165) is 29.0 Å². The van der Waals surface area contributed by atoms with Gasteiger partial charge in [-0.25, -0.2) is 13.7 Å². The number of methoxy groups -OCH3 is 1. The van der Waals surface area contributed by atoms with Crippen molar-refractivity contribution in [3.05, 3.63) is 95.2 Å². The van der Waals surface area contributed by atoms with Gasteiger partial charge in [0.2, 0.25) is 0 Å². The van der Waals surface area contributed by atoms with E-state index < -0.39 is 23.4 Å². The van der Waals surface area contributed by atoms with Gasteiger partial charge in [0.15, 0.2) is 11.6 Å². The highest BCUT2D eigenvalue weighted by atomic mass is 19.2. The molecular formula is C25H20F2N2O3. The molecule has 0 aromatic heterocycles. The number of hydrogen-bond donors (Lipinski definition) is 1. The molecule has 1 aliphatic rings. The highest BCUT2D eigenvalue weighted by molar-refractivity contribution is 6.46. The Balaban J connectivity index is 1.79. The Kier molecular flexibility index (Phi) is 5.73. The SMILES string of the molecule is CCc1ccc(NC2=C(c3ccc(OC)cc3)C(=O)N(c3ccc(F)c(F)c3)C2=O)cc1. The number of amides is 2. The van der Waals surface area contributed by atoms with Crippen LogP contribution < -0.4 is 15.0 Å². The molecule has 0 saturated heterocycles. The van der Waals surface area contributed by atoms with Gasteiger partial charge in [-0.2, -0.15) is 0 Å². The summed E-state index contributed by atoms with van der Waals surface area (Å²) in [5, 5.41) is 3.04. The quantitative estimate of drug-likeness (QED) is 0.559. The van der Waals surface area contributed by atoms with E-state index in [0.29, 0.717) is 17.0 Å². The Labute approximate surface area is 183 Å². The maximum absolute atomic E-state index is 13.8. The van der Waals surface area contributed by atoms with Gasteiger partial charge in [0.25, 0.3) is 11.8 Å². The number of aryl methyl sites for hydroxylation is 1. The van der Waals surface area contributed by atoms with Crippen molar-refractivity contribution in [1.82, 2.24) is 0 Å². The molecule has 3 aromatic carbocycles. The van der Waals surface area contributed by atoms with Crippen LogP contribution in [0.15, 0.2) is 72.4 Å². The Morgan fingerprint density at radius 1 is 0.875 bits per heavy atom. The summed E-state index contributed by atoms with van der Waals surface area (Å²) in [6.45, 7) is 2.03. The first-order chi connectivity index (χ1) is 15.4. The van der Waals surface area contributed by atoms with Gasteiger partial charge in [-0.1, -0.05) is 31.2 Å². The zero-order valence-electron chi connectivity index (χ0n) is 17.5. The Hall–Kier alpha value is -4.00. The standard InChI is InChI=1S/C25H20F2N2O3/c1-3-15-4-8-17(9-5-15)28-23-22(16-6-11-19(32-2)12-7-16)24(30)29(25(23)31)18-10-13-20(26)21(27)14-18/h4-14,28H,3H2,1-2H3. The molecule has 1 aliphatic heterocycles. The van der Waals surface area contributed by atoms with Crippen LogP contribution in [0.2, 0.25) is 0 Å². The molecule has 0 atom stereocenters. The van der Waals surface area contributed by atoms with Gasteiger partial charge >= 0.3 is 0 Å². The molecule has 1 heterocycles. The highest BCUT2D eigenvalue weighted by Gasteiger charge is 2.40. The zero-order chi connectivity index (χ0) is 22.8. The lowest BCUT2D eigenvalue weighted by molar-refractivity contribution is -0.120. The number of imide groups is 1. The second-order valence-electron chi connectivity index (χ2n) is 7.20. The third-order valence-electron chi connectivity index (χ3n) is 5.26. The van der Waals surface area contributed by atoms with Gasteiger partial charge in [0.05, 0.1) is 18.4 Å². The van der Waals surface area contributed by atoms with Crippen molar-refractivity contribution >= 4 is 28.8 Å². The molecule has 2 amide bonds. The predicted molar refractivity (Wildman–Crippen MR) is 118 cm³/mol. The topological polar surface area (TPSA) is 58.6 Å². The Morgan fingerprint density at radius 3 is 2.16 bits per heavy atom. The number of nitrogens with one attached hydrogen (secondary N) is 1. The van der Waals surface area contributed by atoms with Crippen LogP contribution in [0.3, 0.4) is 0 Å². The van der Waals surface area contributed by atoms with E-state index in [1.165, 1.54) is 13.2 Å². The van der Waals surface area contributed by atoms with E-state index in [1.807, 2.05) is 31.2 Å². The van der Waals surface area contributed by atoms with Crippen molar-refractivity contribution in [2.45, 2.75) is 13.3 Å². The summed E-state index contributed by atoms with van der Waals surface area (Å²) in [5.74, 6) is -2.92. The predicted octanol–water partition coefficient (Wildman–Crippen LogP) is 4.93. The van der Waals surface area contributed by atoms with E-state index >= 15 is 0 Å². The maximum Gasteiger partial charge on any atom is 0.282 e. The van der Waals surface area contributed by atoms with Crippen LogP contribution in [0.1, 0.15) is 18.1 Å². The lowest BCUT2D eigenvalue weighted by Gasteiger charge is -2.15. The average molecular weight is 434 g/mol. The van der Waals surface area contributed by atoms with Gasteiger partial charge in [-0.15, -0.1) is 0 Å². The molecule has 7 heteroatoms. The first-order valence-electron chi connectivity index (χ1n) is 10.0. The van der Waals surface area contributed by atoms with E-state index in [4.69, 9.17) is 4.74 Å². The fraction of sp³-hybridized carbons (Fsp3) is 0.120. The summed E-state index contributed by atoms with van der Waals surface area (Å²) in [7, 11) is 1.52. The van der Waals surface area contributed by atoms with Crippen LogP contribution in [-0.2, 0) is 16.0 Å². The molecule has 4 rings (SSSR count). The second-order valence-corrected chi connectivity index (χ2v) is 7.20. The molecule has 0 aliphatic carbocycles. The van der Waals surface area contributed by atoms with Crippen LogP contribution in [-0.4, -0.2) is 18.9 Å². The van der Waals surface area contributed by atoms with E-state index in [1.54, 1.807) is 24.3 Å². The number of hydrogen-bond acceptors (Lipinski definition) is 4. The Morgan fingerprint density at radius 2 is 1.56 bits per heavy atom. The molecular weight excluding hydrogens is 414 g/mol. The third-order valence-corrected chi connectivity index (χ3v) is 5.26. The highest BCUT2D eigenvalue weighted by Crippen LogP contribution is 2.34. The number of halogens is 2. The summed E-state index contributed by atoms with van der Waals surface area (Å²) in [6, 6.07) is 17.1. The summed E-state index contributed by atoms with van der Waals surface area (Å²) >= 11 is 0. The zero-order valence-corrected chi connectivity index (χ0v) is 17.5. The summed E-state index contributed by atoms with van der Waals surface area (Å²) in [6.07, 6.45) is 0.862. The lowest BCUT2D eigenvalue weighted by atomic mass is 10.0. The smallest absolute Gasteiger partial charge is 0.282 e. The number of ether oxygens (including phenoxy) is 1. The molecule has 0 saturated carbocycles. The largest absolute Gasteiger partial charge is 0.497 e. The van der Waals surface area contributed by atoms with E-state index in [-0.39, 0.29) is 17.0 Å². The van der Waals surface area contributed by atoms with Gasteiger partial charge in [0.1, 0.15) is 11.4 Å². The number of rotatable bonds is 6. The first-order valence-corrected chi connectivity index (χ1v) is 10.0. The second kappa shape index (κ2) is 8.63. The van der Waals surface area contributed by atoms with Crippen molar-refractivity contribution in [1.29, 1.82) is 0 Å². The van der Waals surface area contributed by atoms with Crippen molar-refractivity contribution in [2.75, 3.05) is 17.3 Å². The fourth-order valence-electron chi connectivity index (χ4n) is 3.50. The third kappa shape index (κ3) is 3.85. The van der Waals surface area contributed by atoms with Crippen LogP contribution >= 0.6 is 0 Å². The molecule has 5 nitrogen and oxygen atoms in total. The van der Waals surface area contributed by atoms with Crippen molar-refractivity contribution < 1.29 is 23.1 Å². The van der Waals surface area contributed by atoms with E-state index in [2.05, 4.69) is 5.32 Å². The summed E-state index contributed by atoms with van der Waals surface area (Å²) in [4.78, 5) is 27.5. The summed E-state index contributed by atoms with van der Waals surface area (Å²) < 4.78 is 32.4. The minimum absolute atomic E-state index is 0.0501. The van der Waals surface area contributed by atoms with Crippen molar-refractivity contribution in [2.24, 2.45) is 0 Å². The normalized spacial score (nSPS) is 13.7. The van der Waals surface area contributed by atoms with E-state index in [9.17, 15) is 18.4 Å². The molecule has 1 N–H and O–H groups in total. The molecule has 162 valence electrons. The minimum Gasteiger partial charge on any atom is -0.497 e. The molecule has 0 radical (unpaired) electrons. The maximum atomic E-state index is 13.8. The van der Waals surface area contributed by atoms with Gasteiger partial charge in [-0.05, 0) is 53.9 Å². The first kappa shape index (κ1) is 21.2. The number of carbonyl (C=O) groups excluding carboxylic acids is 2.